The molecule has 0 bridgehead atoms. The summed E-state index contributed by atoms with van der Waals surface area (Å²) in [5.74, 6) is 0. The summed E-state index contributed by atoms with van der Waals surface area (Å²) < 4.78 is 0. The van der Waals surface area contributed by atoms with Crippen molar-refractivity contribution >= 4 is 6.34 Å². The predicted octanol–water partition coefficient (Wildman–Crippen LogP) is -2.30. The molecule has 90 valence electrons. The van der Waals surface area contributed by atoms with Crippen LogP contribution in [0, 0.1) is 0 Å². The standard InChI is InChI=1S/C6H18N4.C3H6N2/c7-1-3-9-5-6-10-4-2-8;1-2-5-3-4-1/h9-10H,1-8H2;3H,1-2H2,(H,4,5). The summed E-state index contributed by atoms with van der Waals surface area (Å²) in [4.78, 5) is 3.85. The summed E-state index contributed by atoms with van der Waals surface area (Å²) in [7, 11) is 0. The van der Waals surface area contributed by atoms with Crippen LogP contribution in [0.5, 0.6) is 0 Å². The highest BCUT2D eigenvalue weighted by Gasteiger charge is 1.84. The minimum absolute atomic E-state index is 0.705. The molecule has 0 radical (unpaired) electrons. The van der Waals surface area contributed by atoms with E-state index in [9.17, 15) is 0 Å². The quantitative estimate of drug-likeness (QED) is 0.308. The number of nitrogens with zero attached hydrogens (tertiary/aromatic N) is 1. The van der Waals surface area contributed by atoms with E-state index in [1.807, 2.05) is 0 Å². The Labute approximate surface area is 91.9 Å². The van der Waals surface area contributed by atoms with Gasteiger partial charge < -0.3 is 27.4 Å². The SMILES string of the molecule is C1=NCCN1.NCCNCCNCCN. The van der Waals surface area contributed by atoms with E-state index in [0.717, 1.165) is 39.3 Å². The Kier molecular flexibility index (Phi) is 12.7. The average Bonchev–Trinajstić information content (AvgIpc) is 2.82. The first-order chi connectivity index (χ1) is 7.41. The molecule has 6 heteroatoms. The van der Waals surface area contributed by atoms with Gasteiger partial charge in [-0.25, -0.2) is 0 Å². The van der Waals surface area contributed by atoms with Gasteiger partial charge in [0.2, 0.25) is 0 Å². The molecule has 1 heterocycles. The second-order valence-electron chi connectivity index (χ2n) is 3.07. The monoisotopic (exact) mass is 216 g/mol. The van der Waals surface area contributed by atoms with E-state index in [1.54, 1.807) is 6.34 Å². The Morgan fingerprint density at radius 1 is 1.07 bits per heavy atom. The van der Waals surface area contributed by atoms with Crippen molar-refractivity contribution in [3.63, 3.8) is 0 Å². The zero-order valence-electron chi connectivity index (χ0n) is 9.34. The molecule has 0 saturated carbocycles. The van der Waals surface area contributed by atoms with E-state index in [0.29, 0.717) is 13.1 Å². The number of rotatable bonds is 7. The lowest BCUT2D eigenvalue weighted by atomic mass is 10.5. The van der Waals surface area contributed by atoms with Crippen LogP contribution < -0.4 is 27.4 Å². The Balaban J connectivity index is 0.000000322. The first-order valence-electron chi connectivity index (χ1n) is 5.45. The molecule has 15 heavy (non-hydrogen) atoms. The van der Waals surface area contributed by atoms with Gasteiger partial charge in [-0.1, -0.05) is 0 Å². The zero-order chi connectivity index (χ0) is 11.2. The molecule has 1 aliphatic heterocycles. The van der Waals surface area contributed by atoms with Gasteiger partial charge in [0.25, 0.3) is 0 Å². The van der Waals surface area contributed by atoms with Crippen LogP contribution in [0.2, 0.25) is 0 Å². The molecule has 0 aromatic rings. The molecule has 1 aliphatic rings. The van der Waals surface area contributed by atoms with Gasteiger partial charge in [0.05, 0.1) is 12.9 Å². The van der Waals surface area contributed by atoms with Crippen molar-refractivity contribution in [1.29, 1.82) is 0 Å². The van der Waals surface area contributed by atoms with Gasteiger partial charge >= 0.3 is 0 Å². The Hall–Kier alpha value is -0.690. The highest BCUT2D eigenvalue weighted by atomic mass is 15.0. The fourth-order valence-corrected chi connectivity index (χ4v) is 0.954. The maximum absolute atomic E-state index is 5.27. The van der Waals surface area contributed by atoms with Gasteiger partial charge in [-0.2, -0.15) is 0 Å². The summed E-state index contributed by atoms with van der Waals surface area (Å²) in [6.07, 6.45) is 1.74. The highest BCUT2D eigenvalue weighted by Crippen LogP contribution is 1.68. The Morgan fingerprint density at radius 3 is 1.93 bits per heavy atom. The third-order valence-electron chi connectivity index (χ3n) is 1.69. The highest BCUT2D eigenvalue weighted by molar-refractivity contribution is 5.56. The largest absolute Gasteiger partial charge is 0.375 e. The number of nitrogens with two attached hydrogens (primary N) is 2. The van der Waals surface area contributed by atoms with Gasteiger partial charge in [0.15, 0.2) is 0 Å². The summed E-state index contributed by atoms with van der Waals surface area (Å²) >= 11 is 0. The molecule has 0 atom stereocenters. The average molecular weight is 216 g/mol. The number of hydrogen-bond donors (Lipinski definition) is 5. The lowest BCUT2D eigenvalue weighted by Gasteiger charge is -2.03. The molecule has 6 nitrogen and oxygen atoms in total. The molecule has 7 N–H and O–H groups in total. The second-order valence-corrected chi connectivity index (χ2v) is 3.07. The van der Waals surface area contributed by atoms with Crippen molar-refractivity contribution in [2.24, 2.45) is 16.5 Å². The van der Waals surface area contributed by atoms with Crippen LogP contribution in [0.1, 0.15) is 0 Å². The van der Waals surface area contributed by atoms with Gasteiger partial charge in [-0.05, 0) is 0 Å². The first kappa shape index (κ1) is 14.3. The molecule has 0 aromatic carbocycles. The maximum Gasteiger partial charge on any atom is 0.0825 e. The van der Waals surface area contributed by atoms with E-state index < -0.39 is 0 Å². The molecular formula is C9H24N6. The topological polar surface area (TPSA) is 100 Å². The fraction of sp³-hybridized carbons (Fsp3) is 0.889. The summed E-state index contributed by atoms with van der Waals surface area (Å²) in [6, 6.07) is 0. The number of aliphatic imine (C=N–C) groups is 1. The summed E-state index contributed by atoms with van der Waals surface area (Å²) in [6.45, 7) is 7.12. The molecule has 0 aliphatic carbocycles. The third kappa shape index (κ3) is 13.3. The van der Waals surface area contributed by atoms with Crippen molar-refractivity contribution < 1.29 is 0 Å². The lowest BCUT2D eigenvalue weighted by molar-refractivity contribution is 0.618. The van der Waals surface area contributed by atoms with E-state index in [-0.39, 0.29) is 0 Å². The minimum atomic E-state index is 0.705. The van der Waals surface area contributed by atoms with E-state index in [1.165, 1.54) is 0 Å². The molecule has 0 aromatic heterocycles. The van der Waals surface area contributed by atoms with Crippen molar-refractivity contribution in [3.05, 3.63) is 0 Å². The van der Waals surface area contributed by atoms with E-state index in [2.05, 4.69) is 20.9 Å². The molecule has 1 rings (SSSR count). The number of nitrogens with one attached hydrogen (secondary N) is 3. The van der Waals surface area contributed by atoms with Gasteiger partial charge in [-0.3, -0.25) is 4.99 Å². The zero-order valence-corrected chi connectivity index (χ0v) is 9.34. The van der Waals surface area contributed by atoms with Gasteiger partial charge in [0, 0.05) is 45.8 Å². The summed E-state index contributed by atoms with van der Waals surface area (Å²) in [5, 5.41) is 9.26. The minimum Gasteiger partial charge on any atom is -0.375 e. The summed E-state index contributed by atoms with van der Waals surface area (Å²) in [5.41, 5.74) is 10.5. The lowest BCUT2D eigenvalue weighted by Crippen LogP contribution is -2.32. The molecular weight excluding hydrogens is 192 g/mol. The van der Waals surface area contributed by atoms with E-state index >= 15 is 0 Å². The molecule has 0 amide bonds. The van der Waals surface area contributed by atoms with Crippen molar-refractivity contribution in [3.8, 4) is 0 Å². The smallest absolute Gasteiger partial charge is 0.0825 e. The van der Waals surface area contributed by atoms with Crippen LogP contribution in [0.15, 0.2) is 4.99 Å². The first-order valence-corrected chi connectivity index (χ1v) is 5.45. The molecule has 0 spiro atoms. The van der Waals surface area contributed by atoms with Crippen LogP contribution in [-0.4, -0.2) is 58.7 Å². The van der Waals surface area contributed by atoms with Crippen molar-refractivity contribution in [1.82, 2.24) is 16.0 Å². The van der Waals surface area contributed by atoms with Crippen LogP contribution in [-0.2, 0) is 0 Å². The Bertz CT molecular complexity index is 125. The van der Waals surface area contributed by atoms with Gasteiger partial charge in [-0.15, -0.1) is 0 Å². The maximum atomic E-state index is 5.27. The van der Waals surface area contributed by atoms with Crippen LogP contribution in [0.4, 0.5) is 0 Å². The molecule has 0 unspecified atom stereocenters. The number of hydrogen-bond acceptors (Lipinski definition) is 6. The van der Waals surface area contributed by atoms with Crippen LogP contribution in [0.3, 0.4) is 0 Å². The third-order valence-corrected chi connectivity index (χ3v) is 1.69. The van der Waals surface area contributed by atoms with Crippen molar-refractivity contribution in [2.75, 3.05) is 52.4 Å². The predicted molar refractivity (Wildman–Crippen MR) is 65.2 cm³/mol. The van der Waals surface area contributed by atoms with Crippen LogP contribution in [0.25, 0.3) is 0 Å². The second kappa shape index (κ2) is 13.3. The van der Waals surface area contributed by atoms with Crippen LogP contribution >= 0.6 is 0 Å². The van der Waals surface area contributed by atoms with Gasteiger partial charge in [0.1, 0.15) is 0 Å². The van der Waals surface area contributed by atoms with E-state index in [4.69, 9.17) is 11.5 Å². The fourth-order valence-electron chi connectivity index (χ4n) is 0.954. The normalized spacial score (nSPS) is 13.2. The Morgan fingerprint density at radius 2 is 1.67 bits per heavy atom. The molecule has 0 fully saturated rings. The van der Waals surface area contributed by atoms with Crippen molar-refractivity contribution in [2.45, 2.75) is 0 Å². The molecule has 0 saturated heterocycles.